The molecule has 0 aliphatic rings. The third-order valence-corrected chi connectivity index (χ3v) is 3.59. The van der Waals surface area contributed by atoms with Crippen molar-refractivity contribution >= 4 is 18.0 Å². The maximum Gasteiger partial charge on any atom is 0.254 e. The van der Waals surface area contributed by atoms with Gasteiger partial charge < -0.3 is 14.8 Å². The second-order valence-electron chi connectivity index (χ2n) is 5.39. The Labute approximate surface area is 156 Å². The van der Waals surface area contributed by atoms with Crippen molar-refractivity contribution in [3.05, 3.63) is 59.4 Å². The Balaban J connectivity index is 1.80. The first-order valence-corrected chi connectivity index (χ1v) is 8.11. The zero-order valence-electron chi connectivity index (χ0n) is 15.0. The SMILES string of the molecule is COc1ccc(C=NNC(=O)CCNC(=O)c2ccccc2F)c(OC)c1. The van der Waals surface area contributed by atoms with Crippen LogP contribution in [-0.4, -0.2) is 38.8 Å². The lowest BCUT2D eigenvalue weighted by atomic mass is 10.2. The molecular weight excluding hydrogens is 353 g/mol. The van der Waals surface area contributed by atoms with E-state index in [2.05, 4.69) is 15.8 Å². The molecule has 8 heteroatoms. The summed E-state index contributed by atoms with van der Waals surface area (Å²) in [4.78, 5) is 23.6. The van der Waals surface area contributed by atoms with Gasteiger partial charge in [-0.3, -0.25) is 9.59 Å². The molecule has 7 nitrogen and oxygen atoms in total. The van der Waals surface area contributed by atoms with Crippen LogP contribution in [0.25, 0.3) is 0 Å². The molecule has 0 saturated carbocycles. The summed E-state index contributed by atoms with van der Waals surface area (Å²) in [6, 6.07) is 10.8. The van der Waals surface area contributed by atoms with Gasteiger partial charge in [0.25, 0.3) is 5.91 Å². The van der Waals surface area contributed by atoms with Crippen molar-refractivity contribution in [1.82, 2.24) is 10.7 Å². The lowest BCUT2D eigenvalue weighted by molar-refractivity contribution is -0.120. The van der Waals surface area contributed by atoms with Crippen LogP contribution in [0.4, 0.5) is 4.39 Å². The van der Waals surface area contributed by atoms with Gasteiger partial charge in [-0.15, -0.1) is 0 Å². The number of hydrogen-bond acceptors (Lipinski definition) is 5. The number of halogens is 1. The fraction of sp³-hybridized carbons (Fsp3) is 0.211. The number of amides is 2. The Morgan fingerprint density at radius 1 is 1.15 bits per heavy atom. The third-order valence-electron chi connectivity index (χ3n) is 3.59. The molecule has 0 saturated heterocycles. The van der Waals surface area contributed by atoms with Crippen LogP contribution in [0.3, 0.4) is 0 Å². The van der Waals surface area contributed by atoms with E-state index in [1.54, 1.807) is 31.4 Å². The number of nitrogens with one attached hydrogen (secondary N) is 2. The van der Waals surface area contributed by atoms with Crippen molar-refractivity contribution in [3.8, 4) is 11.5 Å². The van der Waals surface area contributed by atoms with E-state index < -0.39 is 17.6 Å². The van der Waals surface area contributed by atoms with Crippen LogP contribution in [0.2, 0.25) is 0 Å². The Morgan fingerprint density at radius 3 is 2.63 bits per heavy atom. The molecule has 27 heavy (non-hydrogen) atoms. The van der Waals surface area contributed by atoms with E-state index >= 15 is 0 Å². The second-order valence-corrected chi connectivity index (χ2v) is 5.39. The number of carbonyl (C=O) groups is 2. The number of methoxy groups -OCH3 is 2. The van der Waals surface area contributed by atoms with E-state index in [-0.39, 0.29) is 18.5 Å². The summed E-state index contributed by atoms with van der Waals surface area (Å²) < 4.78 is 23.8. The lowest BCUT2D eigenvalue weighted by Crippen LogP contribution is -2.29. The maximum atomic E-state index is 13.5. The van der Waals surface area contributed by atoms with E-state index in [0.717, 1.165) is 0 Å². The highest BCUT2D eigenvalue weighted by Crippen LogP contribution is 2.22. The van der Waals surface area contributed by atoms with Crippen molar-refractivity contribution in [3.63, 3.8) is 0 Å². The molecule has 0 spiro atoms. The first-order chi connectivity index (χ1) is 13.0. The number of nitrogens with zero attached hydrogens (tertiary/aromatic N) is 1. The van der Waals surface area contributed by atoms with Gasteiger partial charge in [-0.1, -0.05) is 12.1 Å². The molecule has 0 aliphatic heterocycles. The zero-order chi connectivity index (χ0) is 19.6. The van der Waals surface area contributed by atoms with Crippen molar-refractivity contribution < 1.29 is 23.5 Å². The Kier molecular flexibility index (Phi) is 7.30. The molecule has 2 aromatic carbocycles. The number of ether oxygens (including phenoxy) is 2. The number of hydrogen-bond donors (Lipinski definition) is 2. The first-order valence-electron chi connectivity index (χ1n) is 8.11. The molecule has 2 aromatic rings. The molecule has 2 rings (SSSR count). The van der Waals surface area contributed by atoms with Gasteiger partial charge in [-0.05, 0) is 24.3 Å². The molecule has 2 N–H and O–H groups in total. The summed E-state index contributed by atoms with van der Waals surface area (Å²) in [5.41, 5.74) is 2.95. The van der Waals surface area contributed by atoms with Crippen LogP contribution in [0.5, 0.6) is 11.5 Å². The normalized spacial score (nSPS) is 10.5. The molecule has 0 fully saturated rings. The Bertz CT molecular complexity index is 839. The quantitative estimate of drug-likeness (QED) is 0.548. The predicted molar refractivity (Wildman–Crippen MR) is 98.6 cm³/mol. The van der Waals surface area contributed by atoms with Gasteiger partial charge in [-0.2, -0.15) is 5.10 Å². The van der Waals surface area contributed by atoms with Gasteiger partial charge in [0.2, 0.25) is 5.91 Å². The van der Waals surface area contributed by atoms with Crippen LogP contribution in [0.1, 0.15) is 22.3 Å². The van der Waals surface area contributed by atoms with Crippen LogP contribution in [0.15, 0.2) is 47.6 Å². The summed E-state index contributed by atoms with van der Waals surface area (Å²) in [5, 5.41) is 6.34. The minimum atomic E-state index is -0.613. The molecule has 0 aromatic heterocycles. The highest BCUT2D eigenvalue weighted by molar-refractivity contribution is 5.94. The van der Waals surface area contributed by atoms with E-state index in [0.29, 0.717) is 17.1 Å². The minimum absolute atomic E-state index is 0.00270. The van der Waals surface area contributed by atoms with E-state index in [1.165, 1.54) is 31.5 Å². The van der Waals surface area contributed by atoms with Gasteiger partial charge in [0.1, 0.15) is 17.3 Å². The van der Waals surface area contributed by atoms with Crippen LogP contribution < -0.4 is 20.2 Å². The molecule has 0 aliphatic carbocycles. The summed E-state index contributed by atoms with van der Waals surface area (Å²) in [6.45, 7) is 0.0559. The average molecular weight is 373 g/mol. The number of benzene rings is 2. The maximum absolute atomic E-state index is 13.5. The second kappa shape index (κ2) is 9.91. The van der Waals surface area contributed by atoms with E-state index in [4.69, 9.17) is 9.47 Å². The Morgan fingerprint density at radius 2 is 1.93 bits per heavy atom. The minimum Gasteiger partial charge on any atom is -0.497 e. The predicted octanol–water partition coefficient (Wildman–Crippen LogP) is 2.11. The standard InChI is InChI=1S/C19H20FN3O4/c1-26-14-8-7-13(17(11-14)27-2)12-22-23-18(24)9-10-21-19(25)15-5-3-4-6-16(15)20/h3-8,11-12H,9-10H2,1-2H3,(H,21,25)(H,23,24). The van der Waals surface area contributed by atoms with Crippen LogP contribution >= 0.6 is 0 Å². The van der Waals surface area contributed by atoms with Gasteiger partial charge in [-0.25, -0.2) is 9.82 Å². The molecule has 142 valence electrons. The summed E-state index contributed by atoms with van der Waals surface area (Å²) in [6.07, 6.45) is 1.44. The summed E-state index contributed by atoms with van der Waals surface area (Å²) in [5.74, 6) is -0.402. The summed E-state index contributed by atoms with van der Waals surface area (Å²) in [7, 11) is 3.07. The third kappa shape index (κ3) is 5.81. The Hall–Kier alpha value is -3.42. The van der Waals surface area contributed by atoms with Crippen molar-refractivity contribution in [2.24, 2.45) is 5.10 Å². The fourth-order valence-electron chi connectivity index (χ4n) is 2.18. The fourth-order valence-corrected chi connectivity index (χ4v) is 2.18. The average Bonchev–Trinajstić information content (AvgIpc) is 2.68. The molecular formula is C19H20FN3O4. The number of carbonyl (C=O) groups excluding carboxylic acids is 2. The summed E-state index contributed by atoms with van der Waals surface area (Å²) >= 11 is 0. The van der Waals surface area contributed by atoms with Gasteiger partial charge in [0.05, 0.1) is 26.0 Å². The van der Waals surface area contributed by atoms with Crippen LogP contribution in [0, 0.1) is 5.82 Å². The highest BCUT2D eigenvalue weighted by Gasteiger charge is 2.10. The molecule has 0 radical (unpaired) electrons. The van der Waals surface area contributed by atoms with E-state index in [9.17, 15) is 14.0 Å². The van der Waals surface area contributed by atoms with Gasteiger partial charge >= 0.3 is 0 Å². The number of hydrazone groups is 1. The van der Waals surface area contributed by atoms with Crippen molar-refractivity contribution in [1.29, 1.82) is 0 Å². The lowest BCUT2D eigenvalue weighted by Gasteiger charge is -2.07. The largest absolute Gasteiger partial charge is 0.497 e. The zero-order valence-corrected chi connectivity index (χ0v) is 15.0. The smallest absolute Gasteiger partial charge is 0.254 e. The number of rotatable bonds is 8. The van der Waals surface area contributed by atoms with Gasteiger partial charge in [0, 0.05) is 24.6 Å². The van der Waals surface area contributed by atoms with Crippen molar-refractivity contribution in [2.45, 2.75) is 6.42 Å². The van der Waals surface area contributed by atoms with Gasteiger partial charge in [0.15, 0.2) is 0 Å². The first kappa shape index (κ1) is 19.9. The molecule has 2 amide bonds. The van der Waals surface area contributed by atoms with Crippen molar-refractivity contribution in [2.75, 3.05) is 20.8 Å². The van der Waals surface area contributed by atoms with E-state index in [1.807, 2.05) is 0 Å². The topological polar surface area (TPSA) is 89.0 Å². The molecule has 0 heterocycles. The molecule has 0 bridgehead atoms. The highest BCUT2D eigenvalue weighted by atomic mass is 19.1. The molecule has 0 unspecified atom stereocenters. The molecule has 0 atom stereocenters. The van der Waals surface area contributed by atoms with Crippen LogP contribution in [-0.2, 0) is 4.79 Å². The monoisotopic (exact) mass is 373 g/mol.